The predicted octanol–water partition coefficient (Wildman–Crippen LogP) is 2.29. The summed E-state index contributed by atoms with van der Waals surface area (Å²) in [6.07, 6.45) is 1.05. The first-order chi connectivity index (χ1) is 6.36. The number of rotatable bonds is 4. The van der Waals surface area contributed by atoms with E-state index >= 15 is 0 Å². The zero-order chi connectivity index (χ0) is 9.52. The minimum atomic E-state index is 0.162. The fourth-order valence-electron chi connectivity index (χ4n) is 1.09. The van der Waals surface area contributed by atoms with Crippen LogP contribution in [0, 0.1) is 11.3 Å². The molecule has 1 aromatic carbocycles. The molecule has 13 heavy (non-hydrogen) atoms. The fraction of sp³-hybridized carbons (Fsp3) is 0.364. The first-order valence-corrected chi connectivity index (χ1v) is 4.39. The van der Waals surface area contributed by atoms with Crippen LogP contribution in [0.4, 0.5) is 0 Å². The van der Waals surface area contributed by atoms with Crippen LogP contribution in [0.5, 0.6) is 0 Å². The Morgan fingerprint density at radius 1 is 1.23 bits per heavy atom. The van der Waals surface area contributed by atoms with Crippen molar-refractivity contribution in [3.05, 3.63) is 35.4 Å². The fourth-order valence-corrected chi connectivity index (χ4v) is 1.09. The van der Waals surface area contributed by atoms with Crippen molar-refractivity contribution >= 4 is 0 Å². The zero-order valence-corrected chi connectivity index (χ0v) is 7.79. The van der Waals surface area contributed by atoms with Gasteiger partial charge in [0.2, 0.25) is 0 Å². The summed E-state index contributed by atoms with van der Waals surface area (Å²) < 4.78 is 5.08. The molecule has 1 rings (SSSR count). The van der Waals surface area contributed by atoms with E-state index in [1.54, 1.807) is 0 Å². The van der Waals surface area contributed by atoms with Crippen LogP contribution in [0.1, 0.15) is 18.1 Å². The SMILES string of the molecule is CCc1ccc(COCC#N)cc1. The van der Waals surface area contributed by atoms with Crippen LogP contribution in [0.25, 0.3) is 0 Å². The van der Waals surface area contributed by atoms with Crippen molar-refractivity contribution in [2.45, 2.75) is 20.0 Å². The first-order valence-electron chi connectivity index (χ1n) is 4.39. The van der Waals surface area contributed by atoms with E-state index in [1.165, 1.54) is 5.56 Å². The molecule has 68 valence electrons. The highest BCUT2D eigenvalue weighted by molar-refractivity contribution is 5.21. The van der Waals surface area contributed by atoms with E-state index < -0.39 is 0 Å². The van der Waals surface area contributed by atoms with Crippen LogP contribution in [0.3, 0.4) is 0 Å². The first kappa shape index (κ1) is 9.76. The molecule has 0 radical (unpaired) electrons. The summed E-state index contributed by atoms with van der Waals surface area (Å²) in [5.41, 5.74) is 2.44. The summed E-state index contributed by atoms with van der Waals surface area (Å²) in [6.45, 7) is 2.81. The van der Waals surface area contributed by atoms with E-state index in [0.29, 0.717) is 6.61 Å². The summed E-state index contributed by atoms with van der Waals surface area (Å²) in [7, 11) is 0. The highest BCUT2D eigenvalue weighted by Crippen LogP contribution is 2.05. The average molecular weight is 175 g/mol. The van der Waals surface area contributed by atoms with Crippen LogP contribution < -0.4 is 0 Å². The zero-order valence-electron chi connectivity index (χ0n) is 7.79. The molecular weight excluding hydrogens is 162 g/mol. The third-order valence-corrected chi connectivity index (χ3v) is 1.87. The Bertz CT molecular complexity index is 284. The normalized spacial score (nSPS) is 9.54. The Kier molecular flexibility index (Phi) is 4.01. The van der Waals surface area contributed by atoms with Gasteiger partial charge in [0, 0.05) is 0 Å². The van der Waals surface area contributed by atoms with Gasteiger partial charge in [0.15, 0.2) is 0 Å². The Morgan fingerprint density at radius 3 is 2.38 bits per heavy atom. The lowest BCUT2D eigenvalue weighted by Crippen LogP contribution is -1.92. The van der Waals surface area contributed by atoms with Gasteiger partial charge in [-0.15, -0.1) is 0 Å². The highest BCUT2D eigenvalue weighted by Gasteiger charge is 1.92. The monoisotopic (exact) mass is 175 g/mol. The van der Waals surface area contributed by atoms with Gasteiger partial charge < -0.3 is 4.74 Å². The highest BCUT2D eigenvalue weighted by atomic mass is 16.5. The van der Waals surface area contributed by atoms with Gasteiger partial charge >= 0.3 is 0 Å². The van der Waals surface area contributed by atoms with Crippen LogP contribution in [0.2, 0.25) is 0 Å². The molecule has 0 aromatic heterocycles. The topological polar surface area (TPSA) is 33.0 Å². The number of benzene rings is 1. The number of hydrogen-bond acceptors (Lipinski definition) is 2. The smallest absolute Gasteiger partial charge is 0.134 e. The number of ether oxygens (including phenoxy) is 1. The summed E-state index contributed by atoms with van der Waals surface area (Å²) in [4.78, 5) is 0. The third-order valence-electron chi connectivity index (χ3n) is 1.87. The van der Waals surface area contributed by atoms with Crippen molar-refractivity contribution in [2.24, 2.45) is 0 Å². The van der Waals surface area contributed by atoms with Gasteiger partial charge in [-0.05, 0) is 17.5 Å². The van der Waals surface area contributed by atoms with Crippen LogP contribution in [-0.2, 0) is 17.8 Å². The Hall–Kier alpha value is -1.33. The van der Waals surface area contributed by atoms with Crippen molar-refractivity contribution in [1.82, 2.24) is 0 Å². The molecule has 0 heterocycles. The van der Waals surface area contributed by atoms with Gasteiger partial charge in [-0.3, -0.25) is 0 Å². The lowest BCUT2D eigenvalue weighted by molar-refractivity contribution is 0.152. The molecule has 2 nitrogen and oxygen atoms in total. The molecule has 0 saturated heterocycles. The maximum absolute atomic E-state index is 8.25. The van der Waals surface area contributed by atoms with Crippen molar-refractivity contribution in [1.29, 1.82) is 5.26 Å². The summed E-state index contributed by atoms with van der Waals surface area (Å²) in [5, 5.41) is 8.25. The second-order valence-corrected chi connectivity index (χ2v) is 2.82. The Balaban J connectivity index is 2.45. The molecule has 0 unspecified atom stereocenters. The second kappa shape index (κ2) is 5.34. The number of nitrogens with zero attached hydrogens (tertiary/aromatic N) is 1. The maximum atomic E-state index is 8.25. The van der Waals surface area contributed by atoms with Crippen LogP contribution >= 0.6 is 0 Å². The van der Waals surface area contributed by atoms with E-state index in [4.69, 9.17) is 10.00 Å². The average Bonchev–Trinajstić information content (AvgIpc) is 2.19. The van der Waals surface area contributed by atoms with Crippen molar-refractivity contribution in [3.63, 3.8) is 0 Å². The van der Waals surface area contributed by atoms with Crippen molar-refractivity contribution in [2.75, 3.05) is 6.61 Å². The number of aryl methyl sites for hydroxylation is 1. The molecule has 0 aliphatic rings. The molecule has 0 bridgehead atoms. The third kappa shape index (κ3) is 3.27. The molecule has 0 atom stereocenters. The van der Waals surface area contributed by atoms with E-state index in [9.17, 15) is 0 Å². The molecular formula is C11H13NO. The minimum Gasteiger partial charge on any atom is -0.362 e. The lowest BCUT2D eigenvalue weighted by Gasteiger charge is -2.01. The minimum absolute atomic E-state index is 0.162. The molecule has 0 amide bonds. The molecule has 0 fully saturated rings. The van der Waals surface area contributed by atoms with E-state index in [1.807, 2.05) is 18.2 Å². The molecule has 0 N–H and O–H groups in total. The summed E-state index contributed by atoms with van der Waals surface area (Å²) in [5.74, 6) is 0. The molecule has 0 aliphatic carbocycles. The Labute approximate surface area is 78.8 Å². The predicted molar refractivity (Wildman–Crippen MR) is 51.1 cm³/mol. The molecule has 0 aliphatic heterocycles. The van der Waals surface area contributed by atoms with Crippen LogP contribution in [0.15, 0.2) is 24.3 Å². The van der Waals surface area contributed by atoms with Gasteiger partial charge in [-0.1, -0.05) is 31.2 Å². The van der Waals surface area contributed by atoms with Gasteiger partial charge in [-0.2, -0.15) is 5.26 Å². The second-order valence-electron chi connectivity index (χ2n) is 2.82. The largest absolute Gasteiger partial charge is 0.362 e. The maximum Gasteiger partial charge on any atom is 0.134 e. The molecule has 0 saturated carbocycles. The van der Waals surface area contributed by atoms with Gasteiger partial charge in [0.1, 0.15) is 6.61 Å². The Morgan fingerprint density at radius 2 is 1.85 bits per heavy atom. The number of nitriles is 1. The number of hydrogen-bond donors (Lipinski definition) is 0. The van der Waals surface area contributed by atoms with Gasteiger partial charge in [0.05, 0.1) is 12.7 Å². The van der Waals surface area contributed by atoms with Crippen LogP contribution in [-0.4, -0.2) is 6.61 Å². The van der Waals surface area contributed by atoms with Gasteiger partial charge in [-0.25, -0.2) is 0 Å². The molecule has 0 spiro atoms. The van der Waals surface area contributed by atoms with Crippen molar-refractivity contribution < 1.29 is 4.74 Å². The summed E-state index contributed by atoms with van der Waals surface area (Å²) >= 11 is 0. The van der Waals surface area contributed by atoms with Crippen molar-refractivity contribution in [3.8, 4) is 6.07 Å². The van der Waals surface area contributed by atoms with E-state index in [2.05, 4.69) is 19.1 Å². The van der Waals surface area contributed by atoms with E-state index in [0.717, 1.165) is 12.0 Å². The molecule has 1 aromatic rings. The summed E-state index contributed by atoms with van der Waals surface area (Å²) in [6, 6.07) is 10.2. The van der Waals surface area contributed by atoms with E-state index in [-0.39, 0.29) is 6.61 Å². The standard InChI is InChI=1S/C11H13NO/c1-2-10-3-5-11(6-4-10)9-13-8-7-12/h3-6H,2,8-9H2,1H3. The van der Waals surface area contributed by atoms with Gasteiger partial charge in [0.25, 0.3) is 0 Å². The molecule has 2 heteroatoms. The lowest BCUT2D eigenvalue weighted by atomic mass is 10.1. The quantitative estimate of drug-likeness (QED) is 0.658.